The number of H-pyrrole nitrogens is 1. The molecule has 0 atom stereocenters. The van der Waals surface area contributed by atoms with Crippen molar-refractivity contribution in [2.24, 2.45) is 5.10 Å². The van der Waals surface area contributed by atoms with Crippen molar-refractivity contribution in [2.75, 3.05) is 0 Å². The molecule has 1 amide bonds. The van der Waals surface area contributed by atoms with Gasteiger partial charge in [0.2, 0.25) is 0 Å². The summed E-state index contributed by atoms with van der Waals surface area (Å²) in [5.41, 5.74) is 5.40. The number of hydrazone groups is 1. The van der Waals surface area contributed by atoms with Crippen LogP contribution in [0.25, 0.3) is 11.0 Å². The third-order valence-corrected chi connectivity index (χ3v) is 3.48. The van der Waals surface area contributed by atoms with E-state index in [4.69, 9.17) is 0 Å². The van der Waals surface area contributed by atoms with Crippen LogP contribution in [0.5, 0.6) is 0 Å². The van der Waals surface area contributed by atoms with Crippen LogP contribution in [-0.4, -0.2) is 26.5 Å². The number of amides is 1. The van der Waals surface area contributed by atoms with Gasteiger partial charge in [0.15, 0.2) is 0 Å². The van der Waals surface area contributed by atoms with Gasteiger partial charge < -0.3 is 4.98 Å². The number of nitro groups is 1. The fourth-order valence-corrected chi connectivity index (χ4v) is 2.19. The van der Waals surface area contributed by atoms with Crippen LogP contribution in [0.15, 0.2) is 53.9 Å². The zero-order valence-corrected chi connectivity index (χ0v) is 12.7. The molecule has 0 radical (unpaired) electrons. The monoisotopic (exact) mass is 323 g/mol. The summed E-state index contributed by atoms with van der Waals surface area (Å²) in [6.07, 6.45) is 1.55. The third-order valence-electron chi connectivity index (χ3n) is 3.48. The number of benzene rings is 2. The number of aromatic nitrogens is 2. The number of nitrogens with zero attached hydrogens (tertiary/aromatic N) is 3. The molecule has 0 unspecified atom stereocenters. The first kappa shape index (κ1) is 15.3. The van der Waals surface area contributed by atoms with Crippen molar-refractivity contribution < 1.29 is 9.72 Å². The van der Waals surface area contributed by atoms with Crippen molar-refractivity contribution in [3.8, 4) is 0 Å². The van der Waals surface area contributed by atoms with Crippen molar-refractivity contribution >= 4 is 28.3 Å². The number of imidazole rings is 1. The highest BCUT2D eigenvalue weighted by atomic mass is 16.6. The largest absolute Gasteiger partial charge is 0.345 e. The Hall–Kier alpha value is -3.55. The molecule has 0 bridgehead atoms. The number of rotatable bonds is 4. The van der Waals surface area contributed by atoms with Crippen molar-refractivity contribution in [1.82, 2.24) is 15.4 Å². The number of fused-ring (bicyclic) bond motifs is 1. The molecular weight excluding hydrogens is 310 g/mol. The summed E-state index contributed by atoms with van der Waals surface area (Å²) in [7, 11) is 0. The van der Waals surface area contributed by atoms with Gasteiger partial charge in [0.1, 0.15) is 0 Å². The van der Waals surface area contributed by atoms with Crippen LogP contribution < -0.4 is 5.43 Å². The van der Waals surface area contributed by atoms with E-state index in [1.165, 1.54) is 12.1 Å². The highest BCUT2D eigenvalue weighted by molar-refractivity contribution is 6.02. The average molecular weight is 323 g/mol. The van der Waals surface area contributed by atoms with Crippen LogP contribution in [0.2, 0.25) is 0 Å². The first-order valence-electron chi connectivity index (χ1n) is 7.07. The normalized spacial score (nSPS) is 11.5. The molecule has 0 fully saturated rings. The highest BCUT2D eigenvalue weighted by Gasteiger charge is 2.09. The molecule has 1 aromatic heterocycles. The van der Waals surface area contributed by atoms with E-state index in [1.807, 2.05) is 0 Å². The smallest absolute Gasteiger partial charge is 0.271 e. The maximum Gasteiger partial charge on any atom is 0.271 e. The standard InChI is InChI=1S/C16H13N5O3/c1-10(11-3-2-4-13(7-11)21(23)24)19-20-16(22)12-5-6-14-15(8-12)18-9-17-14/h2-9H,1H3,(H,17,18)(H,20,22)/b19-10-. The Balaban J connectivity index is 1.77. The van der Waals surface area contributed by atoms with E-state index in [0.717, 1.165) is 11.0 Å². The Morgan fingerprint density at radius 3 is 2.88 bits per heavy atom. The van der Waals surface area contributed by atoms with Gasteiger partial charge in [0.05, 0.1) is 28.0 Å². The molecule has 24 heavy (non-hydrogen) atoms. The number of non-ortho nitro benzene ring substituents is 1. The van der Waals surface area contributed by atoms with Gasteiger partial charge in [-0.2, -0.15) is 5.10 Å². The predicted molar refractivity (Wildman–Crippen MR) is 88.9 cm³/mol. The van der Waals surface area contributed by atoms with Gasteiger partial charge in [0.25, 0.3) is 11.6 Å². The summed E-state index contributed by atoms with van der Waals surface area (Å²) < 4.78 is 0. The number of nitrogens with one attached hydrogen (secondary N) is 2. The SMILES string of the molecule is C/C(=N/NC(=O)c1ccc2nc[nH]c2c1)c1cccc([N+](=O)[O-])c1. The lowest BCUT2D eigenvalue weighted by atomic mass is 10.1. The number of hydrogen-bond donors (Lipinski definition) is 2. The van der Waals surface area contributed by atoms with Crippen LogP contribution in [0.3, 0.4) is 0 Å². The summed E-state index contributed by atoms with van der Waals surface area (Å²) in [5.74, 6) is -0.378. The van der Waals surface area contributed by atoms with Gasteiger partial charge in [-0.25, -0.2) is 10.4 Å². The molecule has 2 aromatic carbocycles. The van der Waals surface area contributed by atoms with Crippen LogP contribution >= 0.6 is 0 Å². The molecule has 120 valence electrons. The Bertz CT molecular complexity index is 961. The highest BCUT2D eigenvalue weighted by Crippen LogP contribution is 2.14. The van der Waals surface area contributed by atoms with Gasteiger partial charge >= 0.3 is 0 Å². The molecule has 0 saturated carbocycles. The van der Waals surface area contributed by atoms with Crippen LogP contribution in [0.1, 0.15) is 22.8 Å². The molecule has 0 saturated heterocycles. The minimum absolute atomic E-state index is 0.0296. The third kappa shape index (κ3) is 3.12. The minimum atomic E-state index is -0.477. The van der Waals surface area contributed by atoms with Gasteiger partial charge in [-0.05, 0) is 25.1 Å². The van der Waals surface area contributed by atoms with Crippen LogP contribution in [-0.2, 0) is 0 Å². The van der Waals surface area contributed by atoms with E-state index in [9.17, 15) is 14.9 Å². The van der Waals surface area contributed by atoms with Gasteiger partial charge in [-0.1, -0.05) is 12.1 Å². The van der Waals surface area contributed by atoms with E-state index < -0.39 is 4.92 Å². The summed E-state index contributed by atoms with van der Waals surface area (Å²) in [5, 5.41) is 14.8. The lowest BCUT2D eigenvalue weighted by Crippen LogP contribution is -2.19. The number of nitro benzene ring substituents is 1. The second kappa shape index (κ2) is 6.29. The molecule has 8 nitrogen and oxygen atoms in total. The first-order chi connectivity index (χ1) is 11.5. The number of carbonyl (C=O) groups is 1. The molecule has 8 heteroatoms. The molecule has 0 spiro atoms. The number of aromatic amines is 1. The summed E-state index contributed by atoms with van der Waals surface area (Å²) in [4.78, 5) is 29.5. The second-order valence-corrected chi connectivity index (χ2v) is 5.08. The zero-order chi connectivity index (χ0) is 17.1. The van der Waals surface area contributed by atoms with Gasteiger partial charge in [-0.3, -0.25) is 14.9 Å². The Morgan fingerprint density at radius 2 is 2.08 bits per heavy atom. The predicted octanol–water partition coefficient (Wildman–Crippen LogP) is 2.63. The number of hydrogen-bond acceptors (Lipinski definition) is 5. The Labute approximate surface area is 136 Å². The van der Waals surface area contributed by atoms with E-state index in [1.54, 1.807) is 43.6 Å². The molecule has 1 heterocycles. The second-order valence-electron chi connectivity index (χ2n) is 5.08. The summed E-state index contributed by atoms with van der Waals surface area (Å²) >= 11 is 0. The average Bonchev–Trinajstić information content (AvgIpc) is 3.07. The maximum absolute atomic E-state index is 12.2. The Kier molecular flexibility index (Phi) is 4.02. The maximum atomic E-state index is 12.2. The Morgan fingerprint density at radius 1 is 1.25 bits per heavy atom. The fourth-order valence-electron chi connectivity index (χ4n) is 2.19. The molecule has 3 rings (SSSR count). The number of carbonyl (C=O) groups excluding carboxylic acids is 1. The lowest BCUT2D eigenvalue weighted by molar-refractivity contribution is -0.384. The van der Waals surface area contributed by atoms with E-state index in [2.05, 4.69) is 20.5 Å². The molecular formula is C16H13N5O3. The van der Waals surface area contributed by atoms with Crippen molar-refractivity contribution in [1.29, 1.82) is 0 Å². The topological polar surface area (TPSA) is 113 Å². The fraction of sp³-hybridized carbons (Fsp3) is 0.0625. The minimum Gasteiger partial charge on any atom is -0.345 e. The molecule has 0 aliphatic carbocycles. The van der Waals surface area contributed by atoms with Crippen LogP contribution in [0, 0.1) is 10.1 Å². The van der Waals surface area contributed by atoms with E-state index in [0.29, 0.717) is 16.8 Å². The lowest BCUT2D eigenvalue weighted by Gasteiger charge is -2.03. The molecule has 0 aliphatic rings. The van der Waals surface area contributed by atoms with Crippen molar-refractivity contribution in [3.05, 3.63) is 70.0 Å². The molecule has 3 aromatic rings. The van der Waals surface area contributed by atoms with Gasteiger partial charge in [0, 0.05) is 23.3 Å². The summed E-state index contributed by atoms with van der Waals surface area (Å²) in [6, 6.07) is 11.1. The molecule has 2 N–H and O–H groups in total. The quantitative estimate of drug-likeness (QED) is 0.436. The summed E-state index contributed by atoms with van der Waals surface area (Å²) in [6.45, 7) is 1.66. The van der Waals surface area contributed by atoms with E-state index >= 15 is 0 Å². The molecule has 0 aliphatic heterocycles. The zero-order valence-electron chi connectivity index (χ0n) is 12.7. The first-order valence-corrected chi connectivity index (χ1v) is 7.07. The van der Waals surface area contributed by atoms with Crippen molar-refractivity contribution in [3.63, 3.8) is 0 Å². The van der Waals surface area contributed by atoms with Crippen LogP contribution in [0.4, 0.5) is 5.69 Å². The van der Waals surface area contributed by atoms with Crippen molar-refractivity contribution in [2.45, 2.75) is 6.92 Å². The van der Waals surface area contributed by atoms with E-state index in [-0.39, 0.29) is 11.6 Å². The van der Waals surface area contributed by atoms with Gasteiger partial charge in [-0.15, -0.1) is 0 Å².